The highest BCUT2D eigenvalue weighted by atomic mass is 19.1. The molecule has 0 amide bonds. The number of ketones is 1. The van der Waals surface area contributed by atoms with Crippen LogP contribution in [0.3, 0.4) is 0 Å². The second kappa shape index (κ2) is 5.51. The number of hydrogen-bond acceptors (Lipinski definition) is 4. The minimum Gasteiger partial charge on any atom is -0.459 e. The first-order valence-electron chi connectivity index (χ1n) is 9.61. The number of carbonyl (C=O) groups is 2. The Hall–Kier alpha value is -1.49. The van der Waals surface area contributed by atoms with Gasteiger partial charge in [-0.05, 0) is 57.1 Å². The Morgan fingerprint density at radius 3 is 2.69 bits per heavy atom. The van der Waals surface area contributed by atoms with Crippen LogP contribution in [0.4, 0.5) is 4.39 Å². The fraction of sp³-hybridized carbons (Fsp3) is 0.714. The van der Waals surface area contributed by atoms with Gasteiger partial charge >= 0.3 is 5.97 Å². The number of allylic oxidation sites excluding steroid dienone is 4. The van der Waals surface area contributed by atoms with Gasteiger partial charge in [-0.2, -0.15) is 0 Å². The monoisotopic (exact) mass is 362 g/mol. The maximum absolute atomic E-state index is 17.1. The number of aliphatic hydroxyl groups is 1. The van der Waals surface area contributed by atoms with Crippen LogP contribution in [0, 0.1) is 22.7 Å². The summed E-state index contributed by atoms with van der Waals surface area (Å²) in [6, 6.07) is 0. The molecule has 0 aromatic heterocycles. The summed E-state index contributed by atoms with van der Waals surface area (Å²) in [7, 11) is 0. The lowest BCUT2D eigenvalue weighted by molar-refractivity contribution is -0.216. The molecular formula is C21H27FO4. The van der Waals surface area contributed by atoms with Gasteiger partial charge in [-0.1, -0.05) is 18.6 Å². The molecular weight excluding hydrogens is 335 g/mol. The molecule has 4 rings (SSSR count). The molecule has 0 spiro atoms. The topological polar surface area (TPSA) is 63.6 Å². The molecule has 3 saturated carbocycles. The average Bonchev–Trinajstić information content (AvgIpc) is 2.84. The van der Waals surface area contributed by atoms with Crippen molar-refractivity contribution >= 4 is 11.8 Å². The SMILES string of the molecule is CC(=O)O[C@H]1C[C@]2(C)[C@@H](O)CC[C@H]2[C@@H]2CCC3=CC(=O)C=C[C@]3(C)[C@@]12F. The molecule has 0 aromatic rings. The normalized spacial score (nSPS) is 49.7. The van der Waals surface area contributed by atoms with Crippen molar-refractivity contribution in [1.82, 2.24) is 0 Å². The molecule has 0 bridgehead atoms. The number of esters is 1. The zero-order chi connectivity index (χ0) is 18.9. The molecule has 1 N–H and O–H groups in total. The van der Waals surface area contributed by atoms with Gasteiger partial charge in [0.2, 0.25) is 0 Å². The van der Waals surface area contributed by atoms with E-state index in [1.807, 2.05) is 13.8 Å². The summed E-state index contributed by atoms with van der Waals surface area (Å²) in [5, 5.41) is 10.6. The molecule has 3 fully saturated rings. The standard InChI is InChI=1S/C21H27FO4/c1-12(23)26-18-11-19(2)15(6-7-17(19)25)16-5-4-13-10-14(24)8-9-20(13,3)21(16,18)22/h8-10,15-18,25H,4-7,11H2,1-3H3/t15-,16-,17-,18-,19-,20-,21-/m0/s1. The molecule has 0 heterocycles. The van der Waals surface area contributed by atoms with Crippen LogP contribution in [0.25, 0.3) is 0 Å². The fourth-order valence-corrected chi connectivity index (χ4v) is 6.47. The molecule has 4 aliphatic rings. The highest BCUT2D eigenvalue weighted by Crippen LogP contribution is 2.68. The van der Waals surface area contributed by atoms with Crippen LogP contribution >= 0.6 is 0 Å². The molecule has 0 aromatic carbocycles. The number of rotatable bonds is 1. The van der Waals surface area contributed by atoms with Gasteiger partial charge in [0.05, 0.1) is 6.10 Å². The Kier molecular flexibility index (Phi) is 3.79. The number of ether oxygens (including phenoxy) is 1. The van der Waals surface area contributed by atoms with Crippen LogP contribution in [-0.4, -0.2) is 34.7 Å². The van der Waals surface area contributed by atoms with E-state index >= 15 is 4.39 Å². The van der Waals surface area contributed by atoms with E-state index in [4.69, 9.17) is 4.74 Å². The summed E-state index contributed by atoms with van der Waals surface area (Å²) >= 11 is 0. The zero-order valence-corrected chi connectivity index (χ0v) is 15.6. The minimum atomic E-state index is -1.77. The Labute approximate surface area is 153 Å². The molecule has 0 radical (unpaired) electrons. The molecule has 4 nitrogen and oxygen atoms in total. The van der Waals surface area contributed by atoms with Crippen molar-refractivity contribution in [3.63, 3.8) is 0 Å². The second-order valence-corrected chi connectivity index (χ2v) is 9.03. The molecule has 26 heavy (non-hydrogen) atoms. The first-order valence-corrected chi connectivity index (χ1v) is 9.61. The van der Waals surface area contributed by atoms with E-state index < -0.39 is 34.7 Å². The van der Waals surface area contributed by atoms with Crippen molar-refractivity contribution in [2.75, 3.05) is 0 Å². The van der Waals surface area contributed by atoms with Gasteiger partial charge in [0, 0.05) is 23.7 Å². The van der Waals surface area contributed by atoms with E-state index in [-0.39, 0.29) is 17.6 Å². The maximum Gasteiger partial charge on any atom is 0.303 e. The van der Waals surface area contributed by atoms with Crippen molar-refractivity contribution in [3.8, 4) is 0 Å². The van der Waals surface area contributed by atoms with Gasteiger partial charge in [-0.25, -0.2) is 4.39 Å². The summed E-state index contributed by atoms with van der Waals surface area (Å²) in [5.41, 5.74) is -2.37. The number of halogens is 1. The second-order valence-electron chi connectivity index (χ2n) is 9.03. The van der Waals surface area contributed by atoms with Crippen LogP contribution < -0.4 is 0 Å². The molecule has 7 atom stereocenters. The highest BCUT2D eigenvalue weighted by Gasteiger charge is 2.71. The summed E-state index contributed by atoms with van der Waals surface area (Å²) in [5.74, 6) is -0.863. The van der Waals surface area contributed by atoms with Crippen molar-refractivity contribution in [2.45, 2.75) is 70.8 Å². The van der Waals surface area contributed by atoms with Crippen LogP contribution in [0.2, 0.25) is 0 Å². The van der Waals surface area contributed by atoms with E-state index in [1.54, 1.807) is 12.2 Å². The molecule has 4 aliphatic carbocycles. The van der Waals surface area contributed by atoms with Gasteiger partial charge in [0.25, 0.3) is 0 Å². The first-order chi connectivity index (χ1) is 12.1. The molecule has 0 aliphatic heterocycles. The van der Waals surface area contributed by atoms with E-state index in [0.29, 0.717) is 25.7 Å². The third-order valence-electron chi connectivity index (χ3n) is 7.87. The van der Waals surface area contributed by atoms with Crippen molar-refractivity contribution in [1.29, 1.82) is 0 Å². The number of hydrogen-bond donors (Lipinski definition) is 1. The Morgan fingerprint density at radius 2 is 2.00 bits per heavy atom. The first kappa shape index (κ1) is 17.9. The summed E-state index contributed by atoms with van der Waals surface area (Å²) in [6.07, 6.45) is 6.30. The molecule has 142 valence electrons. The lowest BCUT2D eigenvalue weighted by Gasteiger charge is -2.62. The average molecular weight is 362 g/mol. The van der Waals surface area contributed by atoms with Crippen LogP contribution in [0.1, 0.15) is 52.9 Å². The molecule has 5 heteroatoms. The van der Waals surface area contributed by atoms with Gasteiger partial charge in [-0.15, -0.1) is 0 Å². The Balaban J connectivity index is 1.86. The van der Waals surface area contributed by atoms with Gasteiger partial charge in [0.1, 0.15) is 6.10 Å². The number of fused-ring (bicyclic) bond motifs is 5. The van der Waals surface area contributed by atoms with Crippen LogP contribution in [0.5, 0.6) is 0 Å². The predicted octanol–water partition coefficient (Wildman–Crippen LogP) is 3.29. The molecule has 0 saturated heterocycles. The number of aliphatic hydroxyl groups excluding tert-OH is 1. The smallest absolute Gasteiger partial charge is 0.303 e. The predicted molar refractivity (Wildman–Crippen MR) is 93.9 cm³/mol. The van der Waals surface area contributed by atoms with Crippen molar-refractivity contribution in [2.24, 2.45) is 22.7 Å². The summed E-state index contributed by atoms with van der Waals surface area (Å²) in [6.45, 7) is 5.15. The minimum absolute atomic E-state index is 0.0544. The molecule has 0 unspecified atom stereocenters. The van der Waals surface area contributed by atoms with E-state index in [1.165, 1.54) is 13.0 Å². The number of alkyl halides is 1. The third-order valence-corrected chi connectivity index (χ3v) is 7.87. The largest absolute Gasteiger partial charge is 0.459 e. The highest BCUT2D eigenvalue weighted by molar-refractivity contribution is 6.01. The van der Waals surface area contributed by atoms with Gasteiger partial charge in [0.15, 0.2) is 11.5 Å². The third kappa shape index (κ3) is 2.09. The van der Waals surface area contributed by atoms with E-state index in [0.717, 1.165) is 12.0 Å². The van der Waals surface area contributed by atoms with Crippen molar-refractivity contribution in [3.05, 3.63) is 23.8 Å². The van der Waals surface area contributed by atoms with Gasteiger partial charge < -0.3 is 9.84 Å². The Morgan fingerprint density at radius 1 is 1.27 bits per heavy atom. The lowest BCUT2D eigenvalue weighted by atomic mass is 9.45. The van der Waals surface area contributed by atoms with Crippen LogP contribution in [0.15, 0.2) is 23.8 Å². The number of carbonyl (C=O) groups excluding carboxylic acids is 2. The summed E-state index contributed by atoms with van der Waals surface area (Å²) < 4.78 is 22.6. The van der Waals surface area contributed by atoms with Gasteiger partial charge in [-0.3, -0.25) is 9.59 Å². The lowest BCUT2D eigenvalue weighted by Crippen LogP contribution is -2.67. The Bertz CT molecular complexity index is 728. The zero-order valence-electron chi connectivity index (χ0n) is 15.6. The van der Waals surface area contributed by atoms with Crippen LogP contribution in [-0.2, 0) is 14.3 Å². The van der Waals surface area contributed by atoms with E-state index in [2.05, 4.69) is 0 Å². The quantitative estimate of drug-likeness (QED) is 0.727. The van der Waals surface area contributed by atoms with Crippen molar-refractivity contribution < 1.29 is 23.8 Å². The summed E-state index contributed by atoms with van der Waals surface area (Å²) in [4.78, 5) is 23.6. The fourth-order valence-electron chi connectivity index (χ4n) is 6.47. The van der Waals surface area contributed by atoms with E-state index in [9.17, 15) is 14.7 Å². The maximum atomic E-state index is 17.1.